The van der Waals surface area contributed by atoms with E-state index in [1.807, 2.05) is 0 Å². The van der Waals surface area contributed by atoms with Crippen molar-refractivity contribution in [3.05, 3.63) is 0 Å². The first-order valence-electron chi connectivity index (χ1n) is 2.51. The predicted octanol–water partition coefficient (Wildman–Crippen LogP) is 0.606. The summed E-state index contributed by atoms with van der Waals surface area (Å²) >= 11 is 15.5. The SMILES string of the molecule is O=CN[C@H](C(Cl)(Cl)Cl)P(=O)(O)O. The fraction of sp³-hybridized carbons (Fsp3) is 0.667. The van der Waals surface area contributed by atoms with Crippen LogP contribution in [-0.4, -0.2) is 25.8 Å². The molecule has 0 aromatic rings. The van der Waals surface area contributed by atoms with E-state index in [4.69, 9.17) is 44.6 Å². The van der Waals surface area contributed by atoms with Gasteiger partial charge in [-0.2, -0.15) is 0 Å². The van der Waals surface area contributed by atoms with E-state index in [0.29, 0.717) is 0 Å². The molecule has 0 heterocycles. The number of halogens is 3. The predicted molar refractivity (Wildman–Crippen MR) is 45.3 cm³/mol. The number of hydrogen-bond acceptors (Lipinski definition) is 2. The first-order valence-corrected chi connectivity index (χ1v) is 5.32. The highest BCUT2D eigenvalue weighted by molar-refractivity contribution is 7.53. The lowest BCUT2D eigenvalue weighted by Gasteiger charge is -2.23. The summed E-state index contributed by atoms with van der Waals surface area (Å²) in [6.07, 6.45) is 0.0473. The highest BCUT2D eigenvalue weighted by Crippen LogP contribution is 2.50. The Morgan fingerprint density at radius 3 is 1.92 bits per heavy atom. The number of amides is 1. The summed E-state index contributed by atoms with van der Waals surface area (Å²) in [5.74, 6) is -1.83. The van der Waals surface area contributed by atoms with E-state index in [9.17, 15) is 9.36 Å². The maximum absolute atomic E-state index is 10.6. The van der Waals surface area contributed by atoms with Crippen LogP contribution in [0.15, 0.2) is 0 Å². The Kier molecular flexibility index (Phi) is 4.30. The molecule has 0 aromatic heterocycles. The lowest BCUT2D eigenvalue weighted by molar-refractivity contribution is -0.109. The summed E-state index contributed by atoms with van der Waals surface area (Å²) in [6.45, 7) is 0. The summed E-state index contributed by atoms with van der Waals surface area (Å²) < 4.78 is 8.35. The second kappa shape index (κ2) is 4.13. The minimum absolute atomic E-state index is 0.0473. The van der Waals surface area contributed by atoms with E-state index < -0.39 is 17.2 Å². The van der Waals surface area contributed by atoms with Crippen LogP contribution in [0.25, 0.3) is 0 Å². The lowest BCUT2D eigenvalue weighted by atomic mass is 10.7. The molecular formula is C3H5Cl3NO4P. The van der Waals surface area contributed by atoms with Crippen LogP contribution >= 0.6 is 42.4 Å². The number of carbonyl (C=O) groups is 1. The van der Waals surface area contributed by atoms with Crippen LogP contribution < -0.4 is 5.32 Å². The monoisotopic (exact) mass is 255 g/mol. The zero-order valence-corrected chi connectivity index (χ0v) is 8.61. The van der Waals surface area contributed by atoms with Gasteiger partial charge in [-0.1, -0.05) is 34.8 Å². The lowest BCUT2D eigenvalue weighted by Crippen LogP contribution is -2.39. The van der Waals surface area contributed by atoms with Crippen LogP contribution in [0.4, 0.5) is 0 Å². The highest BCUT2D eigenvalue weighted by Gasteiger charge is 2.44. The molecule has 0 bridgehead atoms. The average molecular weight is 256 g/mol. The molecule has 0 rings (SSSR count). The Morgan fingerprint density at radius 2 is 1.83 bits per heavy atom. The van der Waals surface area contributed by atoms with E-state index in [0.717, 1.165) is 0 Å². The fourth-order valence-electron chi connectivity index (χ4n) is 0.447. The van der Waals surface area contributed by atoms with Gasteiger partial charge in [0, 0.05) is 0 Å². The molecule has 1 amide bonds. The zero-order valence-electron chi connectivity index (χ0n) is 5.45. The molecule has 0 aliphatic carbocycles. The molecule has 5 nitrogen and oxygen atoms in total. The Labute approximate surface area is 83.1 Å². The van der Waals surface area contributed by atoms with Gasteiger partial charge in [0.25, 0.3) is 0 Å². The van der Waals surface area contributed by atoms with Gasteiger partial charge in [-0.3, -0.25) is 9.36 Å². The number of nitrogens with one attached hydrogen (secondary N) is 1. The number of hydrogen-bond donors (Lipinski definition) is 3. The first-order chi connectivity index (χ1) is 5.19. The Balaban J connectivity index is 4.68. The highest BCUT2D eigenvalue weighted by atomic mass is 35.6. The quantitative estimate of drug-likeness (QED) is 0.392. The number of rotatable bonds is 3. The average Bonchev–Trinajstić information content (AvgIpc) is 1.77. The van der Waals surface area contributed by atoms with Crippen molar-refractivity contribution in [1.82, 2.24) is 5.32 Å². The zero-order chi connectivity index (χ0) is 9.99. The summed E-state index contributed by atoms with van der Waals surface area (Å²) in [4.78, 5) is 27.0. The van der Waals surface area contributed by atoms with Crippen LogP contribution in [-0.2, 0) is 9.36 Å². The summed E-state index contributed by atoms with van der Waals surface area (Å²) in [5.41, 5.74) is 0. The summed E-state index contributed by atoms with van der Waals surface area (Å²) in [5, 5.41) is 1.72. The molecule has 0 unspecified atom stereocenters. The van der Waals surface area contributed by atoms with Crippen molar-refractivity contribution in [2.45, 2.75) is 9.58 Å². The number of carbonyl (C=O) groups excluding carboxylic acids is 1. The van der Waals surface area contributed by atoms with Gasteiger partial charge < -0.3 is 15.1 Å². The Morgan fingerprint density at radius 1 is 1.42 bits per heavy atom. The molecule has 0 spiro atoms. The van der Waals surface area contributed by atoms with Crippen molar-refractivity contribution >= 4 is 48.8 Å². The van der Waals surface area contributed by atoms with Gasteiger partial charge in [-0.05, 0) is 0 Å². The van der Waals surface area contributed by atoms with Gasteiger partial charge >= 0.3 is 7.60 Å². The Hall–Kier alpha value is 0.490. The molecule has 0 radical (unpaired) electrons. The minimum Gasteiger partial charge on any atom is -0.341 e. The van der Waals surface area contributed by atoms with Crippen molar-refractivity contribution in [3.63, 3.8) is 0 Å². The number of alkyl halides is 3. The molecule has 1 atom stereocenters. The third-order valence-corrected chi connectivity index (χ3v) is 3.19. The van der Waals surface area contributed by atoms with Gasteiger partial charge in [0.1, 0.15) is 0 Å². The maximum atomic E-state index is 10.6. The molecule has 3 N–H and O–H groups in total. The van der Waals surface area contributed by atoms with Gasteiger partial charge in [0.15, 0.2) is 5.78 Å². The largest absolute Gasteiger partial charge is 0.352 e. The second-order valence-electron chi connectivity index (χ2n) is 1.82. The van der Waals surface area contributed by atoms with Crippen LogP contribution in [0.1, 0.15) is 0 Å². The Bertz CT molecular complexity index is 210. The van der Waals surface area contributed by atoms with Crippen molar-refractivity contribution < 1.29 is 19.1 Å². The van der Waals surface area contributed by atoms with Crippen molar-refractivity contribution in [2.24, 2.45) is 0 Å². The van der Waals surface area contributed by atoms with Gasteiger partial charge in [-0.25, -0.2) is 0 Å². The fourth-order valence-corrected chi connectivity index (χ4v) is 2.42. The molecule has 0 aromatic carbocycles. The maximum Gasteiger partial charge on any atom is 0.352 e. The molecule has 12 heavy (non-hydrogen) atoms. The van der Waals surface area contributed by atoms with E-state index in [2.05, 4.69) is 0 Å². The van der Waals surface area contributed by atoms with Gasteiger partial charge in [-0.15, -0.1) is 0 Å². The third kappa shape index (κ3) is 3.94. The molecule has 72 valence electrons. The normalized spacial score (nSPS) is 15.4. The molecule has 9 heteroatoms. The van der Waals surface area contributed by atoms with Gasteiger partial charge in [0.2, 0.25) is 10.2 Å². The van der Waals surface area contributed by atoms with Crippen LogP contribution in [0.2, 0.25) is 0 Å². The third-order valence-electron chi connectivity index (χ3n) is 0.872. The molecule has 0 aliphatic rings. The molecule has 0 aliphatic heterocycles. The minimum atomic E-state index is -4.65. The topological polar surface area (TPSA) is 86.6 Å². The molecule has 0 saturated heterocycles. The van der Waals surface area contributed by atoms with E-state index in [1.165, 1.54) is 0 Å². The first kappa shape index (κ1) is 12.5. The molecule has 0 saturated carbocycles. The molecular weight excluding hydrogens is 251 g/mol. The van der Waals surface area contributed by atoms with Crippen LogP contribution in [0, 0.1) is 0 Å². The van der Waals surface area contributed by atoms with Crippen LogP contribution in [0.5, 0.6) is 0 Å². The van der Waals surface area contributed by atoms with Crippen molar-refractivity contribution in [2.75, 3.05) is 0 Å². The standard InChI is InChI=1S/C3H5Cl3NO4P/c4-3(5,6)2(7-1-8)12(9,10)11/h1-2H,(H,7,8)(H2,9,10,11)/t2-/m0/s1. The van der Waals surface area contributed by atoms with Crippen molar-refractivity contribution in [3.8, 4) is 0 Å². The summed E-state index contributed by atoms with van der Waals surface area (Å²) in [7, 11) is -4.65. The van der Waals surface area contributed by atoms with E-state index in [1.54, 1.807) is 5.32 Å². The summed E-state index contributed by atoms with van der Waals surface area (Å²) in [6, 6.07) is 0. The van der Waals surface area contributed by atoms with Crippen LogP contribution in [0.3, 0.4) is 0 Å². The second-order valence-corrected chi connectivity index (χ2v) is 5.88. The van der Waals surface area contributed by atoms with E-state index in [-0.39, 0.29) is 6.41 Å². The van der Waals surface area contributed by atoms with E-state index >= 15 is 0 Å². The van der Waals surface area contributed by atoms with Crippen molar-refractivity contribution in [1.29, 1.82) is 0 Å². The molecule has 0 fully saturated rings. The van der Waals surface area contributed by atoms with Gasteiger partial charge in [0.05, 0.1) is 0 Å². The smallest absolute Gasteiger partial charge is 0.341 e.